The summed E-state index contributed by atoms with van der Waals surface area (Å²) in [6.45, 7) is 5.28. The average molecular weight is 405 g/mol. The van der Waals surface area contributed by atoms with Gasteiger partial charge in [-0.3, -0.25) is 0 Å². The molecule has 162 valence electrons. The fraction of sp³-hybridized carbons (Fsp3) is 0.586. The Balaban J connectivity index is 1.64. The van der Waals surface area contributed by atoms with Crippen LogP contribution in [-0.4, -0.2) is 6.61 Å². The molecule has 1 heteroatoms. The number of hydrogen-bond acceptors (Lipinski definition) is 1. The third-order valence-electron chi connectivity index (χ3n) is 5.94. The molecular weight excluding hydrogens is 364 g/mol. The van der Waals surface area contributed by atoms with Crippen molar-refractivity contribution in [2.75, 3.05) is 6.61 Å². The molecule has 0 atom stereocenters. The molecule has 1 nitrogen and oxygen atoms in total. The maximum atomic E-state index is 5.73. The summed E-state index contributed by atoms with van der Waals surface area (Å²) in [6, 6.07) is 8.03. The lowest BCUT2D eigenvalue weighted by Gasteiger charge is -2.25. The molecule has 0 bridgehead atoms. The molecule has 0 radical (unpaired) electrons. The van der Waals surface area contributed by atoms with E-state index in [1.807, 2.05) is 36.4 Å². The van der Waals surface area contributed by atoms with Crippen molar-refractivity contribution in [1.29, 1.82) is 0 Å². The Bertz CT molecular complexity index is 712. The van der Waals surface area contributed by atoms with Gasteiger partial charge in [-0.1, -0.05) is 82.5 Å². The molecule has 1 aromatic carbocycles. The molecule has 30 heavy (non-hydrogen) atoms. The molecule has 0 aromatic heterocycles. The molecule has 0 unspecified atom stereocenters. The van der Waals surface area contributed by atoms with Crippen LogP contribution < -0.4 is 4.74 Å². The molecule has 0 spiro atoms. The molecule has 1 aliphatic carbocycles. The van der Waals surface area contributed by atoms with E-state index in [1.165, 1.54) is 70.6 Å². The predicted molar refractivity (Wildman–Crippen MR) is 129 cm³/mol. The molecule has 0 heterocycles. The van der Waals surface area contributed by atoms with Crippen LogP contribution in [0.5, 0.6) is 5.75 Å². The lowest BCUT2D eigenvalue weighted by atomic mass is 9.80. The van der Waals surface area contributed by atoms with Gasteiger partial charge >= 0.3 is 0 Å². The maximum absolute atomic E-state index is 5.73. The van der Waals surface area contributed by atoms with Gasteiger partial charge < -0.3 is 4.74 Å². The van der Waals surface area contributed by atoms with Crippen LogP contribution in [0.3, 0.4) is 0 Å². The molecule has 0 aliphatic heterocycles. The summed E-state index contributed by atoms with van der Waals surface area (Å²) < 4.78 is 5.73. The van der Waals surface area contributed by atoms with Gasteiger partial charge in [0.05, 0.1) is 6.61 Å². The van der Waals surface area contributed by atoms with Gasteiger partial charge in [-0.05, 0) is 74.4 Å². The Labute approximate surface area is 185 Å². The molecule has 1 aromatic rings. The van der Waals surface area contributed by atoms with Gasteiger partial charge in [-0.2, -0.15) is 0 Å². The van der Waals surface area contributed by atoms with Crippen molar-refractivity contribution in [2.24, 2.45) is 11.8 Å². The fourth-order valence-electron chi connectivity index (χ4n) is 4.01. The highest BCUT2D eigenvalue weighted by atomic mass is 16.5. The molecule has 0 saturated heterocycles. The SMILES string of the molecule is CCCCCCC1CCC(C#C/C=C/C#Cc2ccc(OCCCCC)cc2)CC1. The van der Waals surface area contributed by atoms with Crippen LogP contribution >= 0.6 is 0 Å². The molecule has 0 N–H and O–H groups in total. The van der Waals surface area contributed by atoms with Crippen LogP contribution in [-0.2, 0) is 0 Å². The van der Waals surface area contributed by atoms with Crippen molar-refractivity contribution >= 4 is 0 Å². The summed E-state index contributed by atoms with van der Waals surface area (Å²) in [5.41, 5.74) is 1.01. The van der Waals surface area contributed by atoms with E-state index in [0.717, 1.165) is 30.3 Å². The largest absolute Gasteiger partial charge is 0.494 e. The number of allylic oxidation sites excluding steroid dienone is 2. The van der Waals surface area contributed by atoms with E-state index in [4.69, 9.17) is 4.74 Å². The molecule has 2 rings (SSSR count). The Morgan fingerprint density at radius 2 is 1.53 bits per heavy atom. The van der Waals surface area contributed by atoms with Gasteiger partial charge in [0.2, 0.25) is 0 Å². The van der Waals surface area contributed by atoms with Crippen molar-refractivity contribution in [3.05, 3.63) is 42.0 Å². The summed E-state index contributed by atoms with van der Waals surface area (Å²) >= 11 is 0. The summed E-state index contributed by atoms with van der Waals surface area (Å²) in [4.78, 5) is 0. The van der Waals surface area contributed by atoms with E-state index in [2.05, 4.69) is 37.5 Å². The standard InChI is InChI=1S/C29H40O/c1-3-5-7-10-14-26-17-19-27(20-18-26)15-11-8-9-12-16-28-21-23-29(24-22-28)30-25-13-6-4-2/h8-9,21-24,26-27H,3-7,10,13-14,17-20,25H2,1-2H3/b9-8+. The van der Waals surface area contributed by atoms with Gasteiger partial charge in [-0.15, -0.1) is 0 Å². The monoisotopic (exact) mass is 404 g/mol. The predicted octanol–water partition coefficient (Wildman–Crippen LogP) is 7.94. The zero-order chi connectivity index (χ0) is 21.3. The smallest absolute Gasteiger partial charge is 0.119 e. The Morgan fingerprint density at radius 3 is 2.27 bits per heavy atom. The molecule has 1 fully saturated rings. The number of benzene rings is 1. The highest BCUT2D eigenvalue weighted by Crippen LogP contribution is 2.31. The van der Waals surface area contributed by atoms with Crippen LogP contribution in [0.2, 0.25) is 0 Å². The summed E-state index contributed by atoms with van der Waals surface area (Å²) in [5, 5.41) is 0. The van der Waals surface area contributed by atoms with Gasteiger partial charge in [0.25, 0.3) is 0 Å². The van der Waals surface area contributed by atoms with E-state index in [-0.39, 0.29) is 0 Å². The topological polar surface area (TPSA) is 9.23 Å². The van der Waals surface area contributed by atoms with Gasteiger partial charge in [0, 0.05) is 11.5 Å². The quantitative estimate of drug-likeness (QED) is 0.284. The Kier molecular flexibility index (Phi) is 12.6. The minimum atomic E-state index is 0.583. The molecular formula is C29H40O. The lowest BCUT2D eigenvalue weighted by Crippen LogP contribution is -2.13. The molecule has 1 aliphatic rings. The van der Waals surface area contributed by atoms with E-state index in [1.54, 1.807) is 0 Å². The van der Waals surface area contributed by atoms with Crippen LogP contribution in [0.4, 0.5) is 0 Å². The van der Waals surface area contributed by atoms with Crippen LogP contribution in [0.25, 0.3) is 0 Å². The van der Waals surface area contributed by atoms with Crippen molar-refractivity contribution in [1.82, 2.24) is 0 Å². The van der Waals surface area contributed by atoms with Crippen LogP contribution in [0.15, 0.2) is 36.4 Å². The Hall–Kier alpha value is -2.12. The molecule has 1 saturated carbocycles. The number of hydrogen-bond donors (Lipinski definition) is 0. The normalized spacial score (nSPS) is 18.3. The first-order valence-electron chi connectivity index (χ1n) is 12.2. The van der Waals surface area contributed by atoms with Crippen LogP contribution in [0, 0.1) is 35.5 Å². The second-order valence-electron chi connectivity index (χ2n) is 8.54. The van der Waals surface area contributed by atoms with Crippen molar-refractivity contribution in [3.8, 4) is 29.4 Å². The lowest BCUT2D eigenvalue weighted by molar-refractivity contribution is 0.294. The van der Waals surface area contributed by atoms with Crippen LogP contribution in [0.1, 0.15) is 96.5 Å². The van der Waals surface area contributed by atoms with E-state index < -0.39 is 0 Å². The third-order valence-corrected chi connectivity index (χ3v) is 5.94. The first-order valence-corrected chi connectivity index (χ1v) is 12.2. The average Bonchev–Trinajstić information content (AvgIpc) is 2.78. The summed E-state index contributed by atoms with van der Waals surface area (Å²) in [7, 11) is 0. The first kappa shape index (κ1) is 24.2. The van der Waals surface area contributed by atoms with Gasteiger partial charge in [0.15, 0.2) is 0 Å². The highest BCUT2D eigenvalue weighted by Gasteiger charge is 2.19. The Morgan fingerprint density at radius 1 is 0.833 bits per heavy atom. The minimum absolute atomic E-state index is 0.583. The second-order valence-corrected chi connectivity index (χ2v) is 8.54. The number of rotatable bonds is 10. The van der Waals surface area contributed by atoms with E-state index >= 15 is 0 Å². The minimum Gasteiger partial charge on any atom is -0.494 e. The van der Waals surface area contributed by atoms with Gasteiger partial charge in [-0.25, -0.2) is 0 Å². The zero-order valence-electron chi connectivity index (χ0n) is 19.2. The first-order chi connectivity index (χ1) is 14.8. The number of unbranched alkanes of at least 4 members (excludes halogenated alkanes) is 5. The summed E-state index contributed by atoms with van der Waals surface area (Å²) in [5.74, 6) is 15.3. The zero-order valence-corrected chi connectivity index (χ0v) is 19.2. The van der Waals surface area contributed by atoms with Crippen molar-refractivity contribution in [3.63, 3.8) is 0 Å². The summed E-state index contributed by atoms with van der Waals surface area (Å²) in [6.07, 6.45) is 19.6. The van der Waals surface area contributed by atoms with Crippen molar-refractivity contribution < 1.29 is 4.74 Å². The highest BCUT2D eigenvalue weighted by molar-refractivity contribution is 5.40. The third kappa shape index (κ3) is 10.6. The number of ether oxygens (including phenoxy) is 1. The fourth-order valence-corrected chi connectivity index (χ4v) is 4.01. The van der Waals surface area contributed by atoms with Gasteiger partial charge in [0.1, 0.15) is 5.75 Å². The molecule has 0 amide bonds. The maximum Gasteiger partial charge on any atom is 0.119 e. The van der Waals surface area contributed by atoms with E-state index in [0.29, 0.717) is 5.92 Å². The van der Waals surface area contributed by atoms with Crippen molar-refractivity contribution in [2.45, 2.75) is 90.9 Å². The van der Waals surface area contributed by atoms with E-state index in [9.17, 15) is 0 Å². The second kappa shape index (κ2) is 15.7.